The van der Waals surface area contributed by atoms with Crippen LogP contribution in [0.5, 0.6) is 11.5 Å². The van der Waals surface area contributed by atoms with E-state index in [9.17, 15) is 4.79 Å². The van der Waals surface area contributed by atoms with E-state index in [1.165, 1.54) is 0 Å². The van der Waals surface area contributed by atoms with Gasteiger partial charge in [-0.1, -0.05) is 56.2 Å². The van der Waals surface area contributed by atoms with Gasteiger partial charge in [-0.3, -0.25) is 9.78 Å². The molecule has 0 saturated carbocycles. The zero-order valence-corrected chi connectivity index (χ0v) is 18.6. The predicted octanol–water partition coefficient (Wildman–Crippen LogP) is 6.25. The molecule has 2 aromatic carbocycles. The smallest absolute Gasteiger partial charge is 0.236 e. The van der Waals surface area contributed by atoms with Crippen LogP contribution in [0.1, 0.15) is 42.8 Å². The van der Waals surface area contributed by atoms with Crippen LogP contribution in [0.25, 0.3) is 0 Å². The number of pyridine rings is 1. The molecule has 2 unspecified atom stereocenters. The molecule has 2 atom stereocenters. The standard InChI is InChI=1S/C26H28N2O2S/c1-2-3-15-24-25(29)28(18-16-21-11-7-8-17-27-21)26(31-24)20-10-9-14-23(19-20)30-22-12-5-4-6-13-22/h4-14,17,19,24,26H,2-3,15-16,18H2,1H3. The van der Waals surface area contributed by atoms with Gasteiger partial charge in [0.25, 0.3) is 0 Å². The van der Waals surface area contributed by atoms with Crippen LogP contribution in [0.4, 0.5) is 0 Å². The van der Waals surface area contributed by atoms with Crippen molar-refractivity contribution < 1.29 is 9.53 Å². The van der Waals surface area contributed by atoms with Gasteiger partial charge in [0.1, 0.15) is 16.9 Å². The van der Waals surface area contributed by atoms with Crippen LogP contribution in [0.2, 0.25) is 0 Å². The number of para-hydroxylation sites is 1. The first-order chi connectivity index (χ1) is 15.2. The van der Waals surface area contributed by atoms with Gasteiger partial charge in [0.05, 0.1) is 5.25 Å². The minimum Gasteiger partial charge on any atom is -0.457 e. The van der Waals surface area contributed by atoms with Crippen LogP contribution in [0.15, 0.2) is 79.0 Å². The van der Waals surface area contributed by atoms with E-state index in [0.717, 1.165) is 48.4 Å². The molecule has 2 heterocycles. The third kappa shape index (κ3) is 5.47. The number of hydrogen-bond acceptors (Lipinski definition) is 4. The molecular weight excluding hydrogens is 404 g/mol. The quantitative estimate of drug-likeness (QED) is 0.401. The SMILES string of the molecule is CCCCC1SC(c2cccc(Oc3ccccc3)c2)N(CCc2ccccn2)C1=O. The molecule has 4 nitrogen and oxygen atoms in total. The van der Waals surface area contributed by atoms with E-state index in [0.29, 0.717) is 6.54 Å². The highest BCUT2D eigenvalue weighted by Crippen LogP contribution is 2.45. The van der Waals surface area contributed by atoms with Crippen molar-refractivity contribution in [2.75, 3.05) is 6.54 Å². The molecule has 1 aromatic heterocycles. The van der Waals surface area contributed by atoms with Crippen molar-refractivity contribution in [1.29, 1.82) is 0 Å². The number of unbranched alkanes of at least 4 members (excludes halogenated alkanes) is 1. The lowest BCUT2D eigenvalue weighted by Crippen LogP contribution is -2.33. The maximum atomic E-state index is 13.2. The Hall–Kier alpha value is -2.79. The Morgan fingerprint density at radius 1 is 1.00 bits per heavy atom. The van der Waals surface area contributed by atoms with Gasteiger partial charge in [-0.05, 0) is 48.4 Å². The number of carbonyl (C=O) groups is 1. The fourth-order valence-corrected chi connectivity index (χ4v) is 5.32. The molecule has 1 amide bonds. The normalized spacial score (nSPS) is 18.4. The Bertz CT molecular complexity index is 981. The maximum Gasteiger partial charge on any atom is 0.236 e. The van der Waals surface area contributed by atoms with Gasteiger partial charge in [-0.2, -0.15) is 0 Å². The van der Waals surface area contributed by atoms with E-state index in [1.807, 2.05) is 71.8 Å². The summed E-state index contributed by atoms with van der Waals surface area (Å²) in [6.45, 7) is 2.84. The van der Waals surface area contributed by atoms with Gasteiger partial charge < -0.3 is 9.64 Å². The molecule has 1 saturated heterocycles. The van der Waals surface area contributed by atoms with Crippen LogP contribution < -0.4 is 4.74 Å². The van der Waals surface area contributed by atoms with Crippen molar-refractivity contribution in [2.45, 2.75) is 43.2 Å². The van der Waals surface area contributed by atoms with Gasteiger partial charge in [0, 0.05) is 24.9 Å². The van der Waals surface area contributed by atoms with Crippen molar-refractivity contribution in [3.05, 3.63) is 90.3 Å². The Kier molecular flexibility index (Phi) is 7.26. The molecule has 1 aliphatic heterocycles. The molecule has 31 heavy (non-hydrogen) atoms. The van der Waals surface area contributed by atoms with Crippen molar-refractivity contribution in [3.8, 4) is 11.5 Å². The number of rotatable bonds is 9. The summed E-state index contributed by atoms with van der Waals surface area (Å²) in [5, 5.41) is 0.0183. The van der Waals surface area contributed by atoms with E-state index in [2.05, 4.69) is 24.0 Å². The van der Waals surface area contributed by atoms with Crippen LogP contribution in [0, 0.1) is 0 Å². The Balaban J connectivity index is 1.54. The number of benzene rings is 2. The van der Waals surface area contributed by atoms with E-state index in [-0.39, 0.29) is 16.5 Å². The monoisotopic (exact) mass is 432 g/mol. The summed E-state index contributed by atoms with van der Waals surface area (Å²) in [7, 11) is 0. The minimum atomic E-state index is -0.00242. The Morgan fingerprint density at radius 3 is 2.58 bits per heavy atom. The molecule has 160 valence electrons. The fourth-order valence-electron chi connectivity index (χ4n) is 3.79. The molecule has 0 spiro atoms. The molecule has 5 heteroatoms. The highest BCUT2D eigenvalue weighted by Gasteiger charge is 2.40. The largest absolute Gasteiger partial charge is 0.457 e. The van der Waals surface area contributed by atoms with Crippen molar-refractivity contribution in [3.63, 3.8) is 0 Å². The second kappa shape index (κ2) is 10.5. The first-order valence-corrected chi connectivity index (χ1v) is 11.9. The summed E-state index contributed by atoms with van der Waals surface area (Å²) in [5.41, 5.74) is 2.11. The zero-order valence-electron chi connectivity index (χ0n) is 17.8. The van der Waals surface area contributed by atoms with Gasteiger partial charge in [-0.25, -0.2) is 0 Å². The molecule has 1 aliphatic rings. The highest BCUT2D eigenvalue weighted by molar-refractivity contribution is 8.01. The molecule has 4 rings (SSSR count). The number of aromatic nitrogens is 1. The molecule has 0 aliphatic carbocycles. The summed E-state index contributed by atoms with van der Waals surface area (Å²) >= 11 is 1.77. The lowest BCUT2D eigenvalue weighted by molar-refractivity contribution is -0.130. The minimum absolute atomic E-state index is 0.00242. The van der Waals surface area contributed by atoms with Crippen LogP contribution in [-0.2, 0) is 11.2 Å². The number of nitrogens with zero attached hydrogens (tertiary/aromatic N) is 2. The highest BCUT2D eigenvalue weighted by atomic mass is 32.2. The number of carbonyl (C=O) groups excluding carboxylic acids is 1. The van der Waals surface area contributed by atoms with Gasteiger partial charge in [0.15, 0.2) is 0 Å². The van der Waals surface area contributed by atoms with Crippen LogP contribution in [0.3, 0.4) is 0 Å². The third-order valence-corrected chi connectivity index (χ3v) is 6.96. The number of thioether (sulfide) groups is 1. The van der Waals surface area contributed by atoms with Crippen molar-refractivity contribution in [2.24, 2.45) is 0 Å². The first-order valence-electron chi connectivity index (χ1n) is 10.9. The predicted molar refractivity (Wildman–Crippen MR) is 126 cm³/mol. The van der Waals surface area contributed by atoms with E-state index < -0.39 is 0 Å². The summed E-state index contributed by atoms with van der Waals surface area (Å²) < 4.78 is 6.04. The average Bonchev–Trinajstić information content (AvgIpc) is 3.13. The zero-order chi connectivity index (χ0) is 21.5. The van der Waals surface area contributed by atoms with Gasteiger partial charge >= 0.3 is 0 Å². The second-order valence-electron chi connectivity index (χ2n) is 7.71. The van der Waals surface area contributed by atoms with Gasteiger partial charge in [-0.15, -0.1) is 11.8 Å². The summed E-state index contributed by atoms with van der Waals surface area (Å²) in [5.74, 6) is 1.84. The molecule has 1 fully saturated rings. The Morgan fingerprint density at radius 2 is 1.81 bits per heavy atom. The lowest BCUT2D eigenvalue weighted by atomic mass is 10.1. The van der Waals surface area contributed by atoms with Gasteiger partial charge in [0.2, 0.25) is 5.91 Å². The van der Waals surface area contributed by atoms with Crippen molar-refractivity contribution >= 4 is 17.7 Å². The number of hydrogen-bond donors (Lipinski definition) is 0. The average molecular weight is 433 g/mol. The van der Waals surface area contributed by atoms with Crippen LogP contribution >= 0.6 is 11.8 Å². The summed E-state index contributed by atoms with van der Waals surface area (Å²) in [4.78, 5) is 19.7. The second-order valence-corrected chi connectivity index (χ2v) is 9.00. The Labute approximate surface area is 188 Å². The van der Waals surface area contributed by atoms with E-state index in [4.69, 9.17) is 4.74 Å². The fraction of sp³-hybridized carbons (Fsp3) is 0.308. The maximum absolute atomic E-state index is 13.2. The summed E-state index contributed by atoms with van der Waals surface area (Å²) in [6.07, 6.45) is 5.66. The lowest BCUT2D eigenvalue weighted by Gasteiger charge is -2.24. The molecule has 0 N–H and O–H groups in total. The molecular formula is C26H28N2O2S. The third-order valence-electron chi connectivity index (χ3n) is 5.41. The van der Waals surface area contributed by atoms with E-state index in [1.54, 1.807) is 11.8 Å². The van der Waals surface area contributed by atoms with E-state index >= 15 is 0 Å². The topological polar surface area (TPSA) is 42.4 Å². The number of ether oxygens (including phenoxy) is 1. The van der Waals surface area contributed by atoms with Crippen LogP contribution in [-0.4, -0.2) is 27.6 Å². The summed E-state index contributed by atoms with van der Waals surface area (Å²) in [6, 6.07) is 23.8. The number of amides is 1. The molecule has 0 bridgehead atoms. The molecule has 3 aromatic rings. The molecule has 0 radical (unpaired) electrons. The van der Waals surface area contributed by atoms with Crippen molar-refractivity contribution in [1.82, 2.24) is 9.88 Å². The first kappa shape index (κ1) is 21.4.